The van der Waals surface area contributed by atoms with Crippen LogP contribution in [-0.4, -0.2) is 45.9 Å². The van der Waals surface area contributed by atoms with Crippen molar-refractivity contribution >= 4 is 28.6 Å². The molecule has 8 heteroatoms. The third-order valence-electron chi connectivity index (χ3n) is 5.20. The van der Waals surface area contributed by atoms with Crippen molar-refractivity contribution < 1.29 is 18.0 Å². The fraction of sp³-hybridized carbons (Fsp3) is 0.474. The van der Waals surface area contributed by atoms with Gasteiger partial charge >= 0.3 is 6.18 Å². The van der Waals surface area contributed by atoms with E-state index in [1.807, 2.05) is 23.8 Å². The summed E-state index contributed by atoms with van der Waals surface area (Å²) in [5.41, 5.74) is 1.63. The van der Waals surface area contributed by atoms with Crippen LogP contribution in [0.1, 0.15) is 24.5 Å². The first-order valence-corrected chi connectivity index (χ1v) is 8.80. The molecule has 2 heterocycles. The standard InChI is InChI=1S/C19H23F3N4O/c1-11-7-15(18(27)23-2)24-10-13(11)12-8-16-17(9-14(12)19(20,21)22)26(4)6-5-25(16)3/h8-11H,5-7H2,1-4H3,(H,23,27). The molecule has 3 rings (SSSR count). The molecule has 146 valence electrons. The summed E-state index contributed by atoms with van der Waals surface area (Å²) >= 11 is 0. The molecule has 0 saturated heterocycles. The number of alkyl halides is 3. The van der Waals surface area contributed by atoms with Gasteiger partial charge in [-0.15, -0.1) is 0 Å². The van der Waals surface area contributed by atoms with Crippen LogP contribution in [0.3, 0.4) is 0 Å². The lowest BCUT2D eigenvalue weighted by molar-refractivity contribution is -0.137. The highest BCUT2D eigenvalue weighted by atomic mass is 19.4. The van der Waals surface area contributed by atoms with Gasteiger partial charge in [0, 0.05) is 46.9 Å². The molecule has 27 heavy (non-hydrogen) atoms. The average molecular weight is 380 g/mol. The first kappa shape index (κ1) is 19.3. The molecule has 1 aromatic rings. The van der Waals surface area contributed by atoms with Crippen LogP contribution in [0.4, 0.5) is 24.5 Å². The van der Waals surface area contributed by atoms with Gasteiger partial charge in [0.25, 0.3) is 5.91 Å². The molecule has 0 fully saturated rings. The second-order valence-corrected chi connectivity index (χ2v) is 7.07. The van der Waals surface area contributed by atoms with Gasteiger partial charge in [0.2, 0.25) is 0 Å². The topological polar surface area (TPSA) is 47.9 Å². The number of likely N-dealkylation sites (N-methyl/N-ethyl adjacent to an activating group) is 2. The van der Waals surface area contributed by atoms with Crippen molar-refractivity contribution in [1.82, 2.24) is 5.32 Å². The molecule has 0 radical (unpaired) electrons. The fourth-order valence-electron chi connectivity index (χ4n) is 3.56. The third kappa shape index (κ3) is 3.52. The van der Waals surface area contributed by atoms with E-state index in [0.717, 1.165) is 12.2 Å². The molecule has 1 unspecified atom stereocenters. The highest BCUT2D eigenvalue weighted by Gasteiger charge is 2.38. The maximum Gasteiger partial charge on any atom is 0.417 e. The van der Waals surface area contributed by atoms with Crippen molar-refractivity contribution in [3.63, 3.8) is 0 Å². The highest BCUT2D eigenvalue weighted by Crippen LogP contribution is 2.45. The molecule has 2 aliphatic rings. The Morgan fingerprint density at radius 1 is 1.19 bits per heavy atom. The van der Waals surface area contributed by atoms with Crippen molar-refractivity contribution in [2.75, 3.05) is 44.0 Å². The minimum atomic E-state index is -4.48. The Hall–Kier alpha value is -2.51. The quantitative estimate of drug-likeness (QED) is 0.858. The predicted octanol–water partition coefficient (Wildman–Crippen LogP) is 3.16. The van der Waals surface area contributed by atoms with Crippen molar-refractivity contribution in [3.8, 4) is 0 Å². The van der Waals surface area contributed by atoms with Gasteiger partial charge in [-0.3, -0.25) is 9.79 Å². The van der Waals surface area contributed by atoms with E-state index in [-0.39, 0.29) is 17.4 Å². The molecule has 1 N–H and O–H groups in total. The van der Waals surface area contributed by atoms with Crippen LogP contribution in [0.5, 0.6) is 0 Å². The van der Waals surface area contributed by atoms with E-state index in [1.165, 1.54) is 19.3 Å². The summed E-state index contributed by atoms with van der Waals surface area (Å²) in [6.07, 6.45) is -2.77. The number of nitrogens with one attached hydrogen (secondary N) is 1. The second kappa shape index (κ2) is 6.90. The summed E-state index contributed by atoms with van der Waals surface area (Å²) in [5, 5.41) is 2.51. The SMILES string of the molecule is CNC(=O)C1=NC=C(c2cc3c(cc2C(F)(F)F)N(C)CCN3C)C(C)C1. The highest BCUT2D eigenvalue weighted by molar-refractivity contribution is 6.39. The van der Waals surface area contributed by atoms with Gasteiger partial charge in [0.1, 0.15) is 5.71 Å². The van der Waals surface area contributed by atoms with E-state index in [9.17, 15) is 18.0 Å². The fourth-order valence-corrected chi connectivity index (χ4v) is 3.56. The lowest BCUT2D eigenvalue weighted by Gasteiger charge is -2.36. The molecule has 2 aliphatic heterocycles. The zero-order valence-corrected chi connectivity index (χ0v) is 15.8. The van der Waals surface area contributed by atoms with Crippen LogP contribution in [0.2, 0.25) is 0 Å². The molecule has 1 amide bonds. The maximum atomic E-state index is 13.8. The number of benzene rings is 1. The number of nitrogens with zero attached hydrogens (tertiary/aromatic N) is 3. The molecule has 1 atom stereocenters. The number of hydrogen-bond acceptors (Lipinski definition) is 4. The Bertz CT molecular complexity index is 829. The smallest absolute Gasteiger partial charge is 0.371 e. The Labute approximate surface area is 156 Å². The van der Waals surface area contributed by atoms with Gasteiger partial charge in [-0.25, -0.2) is 0 Å². The van der Waals surface area contributed by atoms with Crippen LogP contribution in [-0.2, 0) is 11.0 Å². The van der Waals surface area contributed by atoms with Gasteiger partial charge in [0.15, 0.2) is 0 Å². The number of rotatable bonds is 2. The van der Waals surface area contributed by atoms with Gasteiger partial charge in [-0.05, 0) is 29.2 Å². The third-order valence-corrected chi connectivity index (χ3v) is 5.20. The molecular formula is C19H23F3N4O. The van der Waals surface area contributed by atoms with Crippen LogP contribution in [0.15, 0.2) is 23.3 Å². The Morgan fingerprint density at radius 3 is 2.30 bits per heavy atom. The summed E-state index contributed by atoms with van der Waals surface area (Å²) in [7, 11) is 5.18. The van der Waals surface area contributed by atoms with Crippen molar-refractivity contribution in [2.45, 2.75) is 19.5 Å². The van der Waals surface area contributed by atoms with Gasteiger partial charge in [-0.2, -0.15) is 13.2 Å². The number of hydrogen-bond donors (Lipinski definition) is 1. The van der Waals surface area contributed by atoms with Crippen LogP contribution in [0.25, 0.3) is 5.57 Å². The summed E-state index contributed by atoms with van der Waals surface area (Å²) in [5.74, 6) is -0.555. The first-order chi connectivity index (χ1) is 12.6. The van der Waals surface area contributed by atoms with E-state index in [4.69, 9.17) is 0 Å². The first-order valence-electron chi connectivity index (χ1n) is 8.80. The summed E-state index contributed by atoms with van der Waals surface area (Å²) < 4.78 is 41.5. The van der Waals surface area contributed by atoms with E-state index < -0.39 is 11.7 Å². The zero-order chi connectivity index (χ0) is 19.9. The molecule has 5 nitrogen and oxygen atoms in total. The number of amides is 1. The Kier molecular flexibility index (Phi) is 4.92. The average Bonchev–Trinajstić information content (AvgIpc) is 2.62. The van der Waals surface area contributed by atoms with E-state index in [2.05, 4.69) is 10.3 Å². The summed E-state index contributed by atoms with van der Waals surface area (Å²) in [6, 6.07) is 2.84. The molecule has 0 bridgehead atoms. The molecule has 0 spiro atoms. The number of carbonyl (C=O) groups is 1. The normalized spacial score (nSPS) is 20.0. The monoisotopic (exact) mass is 380 g/mol. The van der Waals surface area contributed by atoms with E-state index >= 15 is 0 Å². The van der Waals surface area contributed by atoms with Crippen LogP contribution >= 0.6 is 0 Å². The van der Waals surface area contributed by atoms with Crippen molar-refractivity contribution in [1.29, 1.82) is 0 Å². The molecule has 0 aromatic heterocycles. The van der Waals surface area contributed by atoms with Crippen LogP contribution < -0.4 is 15.1 Å². The second-order valence-electron chi connectivity index (χ2n) is 7.07. The minimum absolute atomic E-state index is 0.135. The van der Waals surface area contributed by atoms with Gasteiger partial charge < -0.3 is 15.1 Å². The number of aliphatic imine (C=N–C) groups is 1. The lowest BCUT2D eigenvalue weighted by atomic mass is 9.85. The molecule has 1 aromatic carbocycles. The van der Waals surface area contributed by atoms with Gasteiger partial charge in [0.05, 0.1) is 16.9 Å². The molecular weight excluding hydrogens is 357 g/mol. The number of halogens is 3. The molecule has 0 aliphatic carbocycles. The zero-order valence-electron chi connectivity index (χ0n) is 15.8. The Balaban J connectivity index is 2.17. The number of allylic oxidation sites excluding steroid dienone is 1. The number of anilines is 2. The van der Waals surface area contributed by atoms with E-state index in [1.54, 1.807) is 13.1 Å². The lowest BCUT2D eigenvalue weighted by Crippen LogP contribution is -2.37. The number of carbonyl (C=O) groups excluding carboxylic acids is 1. The predicted molar refractivity (Wildman–Crippen MR) is 101 cm³/mol. The van der Waals surface area contributed by atoms with Crippen molar-refractivity contribution in [2.24, 2.45) is 10.9 Å². The van der Waals surface area contributed by atoms with Crippen LogP contribution in [0, 0.1) is 5.92 Å². The Morgan fingerprint density at radius 2 is 1.78 bits per heavy atom. The van der Waals surface area contributed by atoms with Crippen molar-refractivity contribution in [3.05, 3.63) is 29.5 Å². The molecule has 0 saturated carbocycles. The maximum absolute atomic E-state index is 13.8. The largest absolute Gasteiger partial charge is 0.417 e. The number of fused-ring (bicyclic) bond motifs is 1. The summed E-state index contributed by atoms with van der Waals surface area (Å²) in [4.78, 5) is 19.7. The minimum Gasteiger partial charge on any atom is -0.371 e. The van der Waals surface area contributed by atoms with Gasteiger partial charge in [-0.1, -0.05) is 6.92 Å². The van der Waals surface area contributed by atoms with E-state index in [0.29, 0.717) is 29.9 Å². The summed E-state index contributed by atoms with van der Waals surface area (Å²) in [6.45, 7) is 3.22.